The van der Waals surface area contributed by atoms with Crippen molar-refractivity contribution in [2.75, 3.05) is 35.3 Å². The van der Waals surface area contributed by atoms with E-state index in [9.17, 15) is 60.7 Å². The molecule has 10 N–H and O–H groups in total. The van der Waals surface area contributed by atoms with Crippen LogP contribution in [0.25, 0.3) is 0 Å². The van der Waals surface area contributed by atoms with Gasteiger partial charge in [0.05, 0.1) is 84.6 Å². The number of aromatic hydroxyl groups is 2. The maximum absolute atomic E-state index is 15.1. The Hall–Kier alpha value is -4.72. The number of ether oxygens (including phenoxy) is 12. The number of aliphatic carboxylic acids is 1. The third-order valence-electron chi connectivity index (χ3n) is 19.7. The smallest absolute Gasteiger partial charge is 0.306 e. The molecule has 8 aliphatic rings. The van der Waals surface area contributed by atoms with E-state index in [0.717, 1.165) is 0 Å². The summed E-state index contributed by atoms with van der Waals surface area (Å²) < 4.78 is 75.0. The average Bonchev–Trinajstić information content (AvgIpc) is 0.705. The number of methoxy groups -OCH3 is 1. The number of carboxylic acid groups (broad SMARTS) is 1. The topological polar surface area (TPSA) is 402 Å². The molecule has 2 aromatic rings. The van der Waals surface area contributed by atoms with Gasteiger partial charge in [0.2, 0.25) is 12.1 Å². The first-order valence-corrected chi connectivity index (χ1v) is 30.3. The molecule has 2 aromatic carbocycles. The molecule has 2 bridgehead atoms. The summed E-state index contributed by atoms with van der Waals surface area (Å²) in [7, 11) is 8.21. The molecule has 0 radical (unpaired) electrons. The lowest BCUT2D eigenvalue weighted by Crippen LogP contribution is -3.17. The normalized spacial score (nSPS) is 41.5. The van der Waals surface area contributed by atoms with Gasteiger partial charge in [-0.05, 0) is 89.6 Å². The van der Waals surface area contributed by atoms with Gasteiger partial charge in [-0.2, -0.15) is 0 Å². The van der Waals surface area contributed by atoms with Crippen molar-refractivity contribution >= 4 is 23.5 Å². The Morgan fingerprint density at radius 2 is 1.32 bits per heavy atom. The van der Waals surface area contributed by atoms with Crippen molar-refractivity contribution in [3.8, 4) is 17.2 Å². The number of carboxylic acids is 1. The predicted octanol–water partition coefficient (Wildman–Crippen LogP) is 0.0714. The SMILES string of the molecule is COC1CC(OC2C(C)OC(OC3C(C)OC(OC4(N(C)C)CC5(C)OC(Oc6c5ccc5c6C(=O)c6c(O)c7c(c(O)c6C5=O)C(OC5CC(N(C)C)C(O)C(C)O5)CC(C)(O)C7)C4O)CC3(C)[NH+]([O-])O)CC2(C)[NH+]([O-])O)OC(C)C1OC(=O)CCC(=O)O. The van der Waals surface area contributed by atoms with Crippen LogP contribution >= 0.6 is 0 Å². The Kier molecular flexibility index (Phi) is 18.8. The fraction of sp³-hybridized carbons (Fsp3) is 0.733. The number of hydrogen-bond donors (Lipinski definition) is 10. The van der Waals surface area contributed by atoms with Crippen LogP contribution < -0.4 is 15.2 Å². The molecule has 24 atom stereocenters. The van der Waals surface area contributed by atoms with E-state index in [1.54, 1.807) is 67.7 Å². The average molecular weight is 1280 g/mol. The first kappa shape index (κ1) is 68.1. The highest BCUT2D eigenvalue weighted by molar-refractivity contribution is 6.31. The van der Waals surface area contributed by atoms with Gasteiger partial charge in [-0.1, -0.05) is 6.07 Å². The van der Waals surface area contributed by atoms with Gasteiger partial charge in [0.25, 0.3) is 0 Å². The van der Waals surface area contributed by atoms with E-state index in [1.807, 2.05) is 4.90 Å². The van der Waals surface area contributed by atoms with Gasteiger partial charge in [-0.15, -0.1) is 0 Å². The summed E-state index contributed by atoms with van der Waals surface area (Å²) in [5.41, 5.74) is -9.73. The first-order chi connectivity index (χ1) is 42.0. The number of hydrogen-bond acceptors (Lipinski definition) is 27. The highest BCUT2D eigenvalue weighted by Gasteiger charge is 2.65. The number of quaternary nitrogens is 2. The molecule has 0 saturated carbocycles. The Bertz CT molecular complexity index is 3080. The fourth-order valence-corrected chi connectivity index (χ4v) is 14.8. The highest BCUT2D eigenvalue weighted by Crippen LogP contribution is 2.57. The van der Waals surface area contributed by atoms with Crippen LogP contribution in [0.1, 0.15) is 161 Å². The van der Waals surface area contributed by atoms with Crippen LogP contribution in [0, 0.1) is 10.4 Å². The van der Waals surface area contributed by atoms with Crippen LogP contribution in [0.5, 0.6) is 17.2 Å². The van der Waals surface area contributed by atoms with Crippen molar-refractivity contribution in [2.24, 2.45) is 0 Å². The van der Waals surface area contributed by atoms with Crippen molar-refractivity contribution in [3.63, 3.8) is 0 Å². The monoisotopic (exact) mass is 1280 g/mol. The van der Waals surface area contributed by atoms with Crippen LogP contribution in [-0.4, -0.2) is 231 Å². The molecule has 90 heavy (non-hydrogen) atoms. The second-order valence-corrected chi connectivity index (χ2v) is 26.8. The van der Waals surface area contributed by atoms with Crippen LogP contribution in [0.4, 0.5) is 0 Å². The fourth-order valence-electron chi connectivity index (χ4n) is 14.8. The summed E-state index contributed by atoms with van der Waals surface area (Å²) in [5, 5.41) is 115. The van der Waals surface area contributed by atoms with Crippen molar-refractivity contribution < 1.29 is 128 Å². The summed E-state index contributed by atoms with van der Waals surface area (Å²) in [6.07, 6.45) is -19.8. The van der Waals surface area contributed by atoms with Crippen molar-refractivity contribution in [1.29, 1.82) is 0 Å². The number of phenols is 2. The zero-order chi connectivity index (χ0) is 66.0. The minimum atomic E-state index is -1.84. The number of nitrogens with zero attached hydrogens (tertiary/aromatic N) is 2. The minimum absolute atomic E-state index is 0.000393. The van der Waals surface area contributed by atoms with Crippen LogP contribution in [0.2, 0.25) is 0 Å². The number of hydroxylamine groups is 4. The van der Waals surface area contributed by atoms with Crippen LogP contribution in [-0.2, 0) is 73.7 Å². The number of nitrogens with one attached hydrogen (secondary N) is 2. The minimum Gasteiger partial charge on any atom is -0.600 e. The van der Waals surface area contributed by atoms with Gasteiger partial charge < -0.3 is 103 Å². The maximum atomic E-state index is 15.1. The summed E-state index contributed by atoms with van der Waals surface area (Å²) >= 11 is 0. The third kappa shape index (κ3) is 11.9. The van der Waals surface area contributed by atoms with Gasteiger partial charge in [-0.3, -0.25) is 24.1 Å². The molecule has 502 valence electrons. The van der Waals surface area contributed by atoms with Gasteiger partial charge in [0.1, 0.15) is 41.2 Å². The molecule has 30 heteroatoms. The van der Waals surface area contributed by atoms with Gasteiger partial charge in [0, 0.05) is 67.5 Å². The molecule has 2 aliphatic carbocycles. The molecular weight excluding hydrogens is 1190 g/mol. The number of phenolic OH excluding ortho intramolecular Hbond substituents is 2. The lowest BCUT2D eigenvalue weighted by molar-refractivity contribution is -1.09. The van der Waals surface area contributed by atoms with Crippen molar-refractivity contribution in [1.82, 2.24) is 9.80 Å². The Labute approximate surface area is 519 Å². The molecule has 0 spiro atoms. The number of benzene rings is 2. The van der Waals surface area contributed by atoms with Crippen molar-refractivity contribution in [3.05, 3.63) is 61.5 Å². The number of esters is 1. The predicted molar refractivity (Wildman–Crippen MR) is 302 cm³/mol. The number of aliphatic hydroxyl groups excluding tert-OH is 2. The largest absolute Gasteiger partial charge is 0.600 e. The number of aliphatic hydroxyl groups is 3. The number of carbonyl (C=O) groups excluding carboxylic acids is 3. The molecule has 5 saturated heterocycles. The molecule has 0 aromatic heterocycles. The number of ketones is 2. The number of carbonyl (C=O) groups is 4. The zero-order valence-electron chi connectivity index (χ0n) is 52.7. The molecular formula is C60H86N4O26. The second-order valence-electron chi connectivity index (χ2n) is 26.8. The molecule has 6 aliphatic heterocycles. The molecule has 10 rings (SSSR count). The van der Waals surface area contributed by atoms with E-state index in [4.69, 9.17) is 61.9 Å². The van der Waals surface area contributed by atoms with Gasteiger partial charge in [-0.25, -0.2) is 20.9 Å². The van der Waals surface area contributed by atoms with E-state index in [0.29, 0.717) is 0 Å². The van der Waals surface area contributed by atoms with E-state index in [1.165, 1.54) is 40.0 Å². The molecule has 24 unspecified atom stereocenters. The summed E-state index contributed by atoms with van der Waals surface area (Å²) in [6, 6.07) is 2.51. The Morgan fingerprint density at radius 3 is 1.92 bits per heavy atom. The molecule has 0 amide bonds. The van der Waals surface area contributed by atoms with E-state index >= 15 is 4.79 Å². The standard InChI is InChI=1S/C60H86N4O26/c1-25-45(68)32(61(9)10)18-37(80-25)84-34-21-56(5,74)20-30-41(34)48(71)43-44(47(30)70)49(72)42-29(46(43)69)14-15-31-51(42)88-55-52(73)60(62(11)12,24-59(31,8)90-55)89-40-23-58(7,64(77)78)54(28(4)83-40)87-39-22-57(6,63(75)76)53(27(3)82-39)86-38-19-33(79-13)50(26(2)81-38)85-36(67)17-16-35(65)66/h14-15,25-28,32-34,37-40,45,50,52-55,63-64,68,70-71,73-75,77H,16-24H2,1-13H3,(H,65,66). The highest BCUT2D eigenvalue weighted by atomic mass is 16.8. The van der Waals surface area contributed by atoms with Crippen molar-refractivity contribution in [2.45, 2.75) is 246 Å². The molecule has 5 fully saturated rings. The second kappa shape index (κ2) is 24.9. The van der Waals surface area contributed by atoms with E-state index in [-0.39, 0.29) is 84.6 Å². The Morgan fingerprint density at radius 1 is 0.744 bits per heavy atom. The van der Waals surface area contributed by atoms with Crippen LogP contribution in [0.3, 0.4) is 0 Å². The summed E-state index contributed by atoms with van der Waals surface area (Å²) in [4.78, 5) is 56.9. The quantitative estimate of drug-likeness (QED) is 0.0370. The Balaban J connectivity index is 0.867. The molecule has 30 nitrogen and oxygen atoms in total. The number of rotatable bonds is 17. The van der Waals surface area contributed by atoms with Crippen LogP contribution in [0.15, 0.2) is 12.1 Å². The van der Waals surface area contributed by atoms with Gasteiger partial charge >= 0.3 is 11.9 Å². The number of fused-ring (bicyclic) bond motifs is 8. The van der Waals surface area contributed by atoms with E-state index in [2.05, 4.69) is 0 Å². The lowest BCUT2D eigenvalue weighted by atomic mass is 9.72. The lowest BCUT2D eigenvalue weighted by Gasteiger charge is -2.58. The zero-order valence-corrected chi connectivity index (χ0v) is 52.7. The first-order valence-electron chi connectivity index (χ1n) is 30.3. The summed E-state index contributed by atoms with van der Waals surface area (Å²) in [5.74, 6) is -5.12. The number of likely N-dealkylation sites (N-methyl/N-ethyl adjacent to an activating group) is 2. The maximum Gasteiger partial charge on any atom is 0.306 e. The third-order valence-corrected chi connectivity index (χ3v) is 19.7. The van der Waals surface area contributed by atoms with Gasteiger partial charge in [0.15, 0.2) is 60.0 Å². The summed E-state index contributed by atoms with van der Waals surface area (Å²) in [6.45, 7) is 12.5. The molecule has 6 heterocycles. The van der Waals surface area contributed by atoms with E-state index < -0.39 is 196 Å².